The summed E-state index contributed by atoms with van der Waals surface area (Å²) in [5.41, 5.74) is 6.06. The van der Waals surface area contributed by atoms with Gasteiger partial charge in [-0.1, -0.05) is 68.7 Å². The fraction of sp³-hybridized carbons (Fsp3) is 0.280. The van der Waals surface area contributed by atoms with E-state index in [-0.39, 0.29) is 51.0 Å². The normalized spacial score (nSPS) is 15.2. The fourth-order valence-corrected chi connectivity index (χ4v) is 4.24. The monoisotopic (exact) mass is 486 g/mol. The first kappa shape index (κ1) is 25.3. The van der Waals surface area contributed by atoms with Crippen molar-refractivity contribution in [1.82, 2.24) is 0 Å². The molecule has 28 heavy (non-hydrogen) atoms. The summed E-state index contributed by atoms with van der Waals surface area (Å²) in [6.07, 6.45) is 9.57. The summed E-state index contributed by atoms with van der Waals surface area (Å²) in [5, 5.41) is 2.91. The largest absolute Gasteiger partial charge is 4.00 e. The van der Waals surface area contributed by atoms with Crippen LogP contribution in [0.2, 0.25) is 0 Å². The number of halogens is 2. The Morgan fingerprint density at radius 3 is 2.29 bits per heavy atom. The Hall–Kier alpha value is -0.747. The molecule has 2 aliphatic carbocycles. The van der Waals surface area contributed by atoms with Gasteiger partial charge in [0.05, 0.1) is 0 Å². The van der Waals surface area contributed by atoms with E-state index in [1.807, 2.05) is 0 Å². The van der Waals surface area contributed by atoms with Crippen molar-refractivity contribution < 1.29 is 51.0 Å². The summed E-state index contributed by atoms with van der Waals surface area (Å²) in [7, 11) is 0. The molecule has 0 amide bonds. The molecule has 0 aromatic heterocycles. The molecular formula is C25H26Cl2Zr. The molecule has 0 N–H and O–H groups in total. The van der Waals surface area contributed by atoms with E-state index in [9.17, 15) is 0 Å². The van der Waals surface area contributed by atoms with Crippen LogP contribution in [0.15, 0.2) is 60.7 Å². The predicted octanol–water partition coefficient (Wildman–Crippen LogP) is 0.854. The molecule has 3 aromatic rings. The van der Waals surface area contributed by atoms with E-state index in [1.54, 1.807) is 17.0 Å². The van der Waals surface area contributed by atoms with Gasteiger partial charge in [-0.05, 0) is 5.56 Å². The zero-order chi connectivity index (χ0) is 17.2. The second-order valence-electron chi connectivity index (χ2n) is 7.07. The first-order valence-corrected chi connectivity index (χ1v) is 9.59. The van der Waals surface area contributed by atoms with Crippen LogP contribution >= 0.6 is 0 Å². The maximum absolute atomic E-state index is 2.34. The van der Waals surface area contributed by atoms with Gasteiger partial charge in [-0.3, -0.25) is 0 Å². The first-order valence-electron chi connectivity index (χ1n) is 9.59. The van der Waals surface area contributed by atoms with Gasteiger partial charge in [0.2, 0.25) is 0 Å². The molecule has 1 atom stereocenters. The summed E-state index contributed by atoms with van der Waals surface area (Å²) in [5.74, 6) is 2.23. The molecule has 0 aliphatic heterocycles. The van der Waals surface area contributed by atoms with Crippen LogP contribution in [0, 0.1) is 5.92 Å². The Morgan fingerprint density at radius 2 is 1.61 bits per heavy atom. The summed E-state index contributed by atoms with van der Waals surface area (Å²) in [4.78, 5) is 0. The topological polar surface area (TPSA) is 0 Å². The quantitative estimate of drug-likeness (QED) is 0.480. The van der Waals surface area contributed by atoms with Gasteiger partial charge in [0.1, 0.15) is 0 Å². The summed E-state index contributed by atoms with van der Waals surface area (Å²) in [6.45, 7) is 4.52. The Labute approximate surface area is 201 Å². The van der Waals surface area contributed by atoms with E-state index in [0.29, 0.717) is 5.92 Å². The zero-order valence-corrected chi connectivity index (χ0v) is 20.5. The van der Waals surface area contributed by atoms with Crippen LogP contribution in [0.4, 0.5) is 0 Å². The van der Waals surface area contributed by atoms with E-state index in [0.717, 1.165) is 0 Å². The van der Waals surface area contributed by atoms with Gasteiger partial charge in [0, 0.05) is 0 Å². The molecule has 0 saturated carbocycles. The van der Waals surface area contributed by atoms with E-state index in [1.165, 1.54) is 47.6 Å². The Bertz CT molecular complexity index is 906. The van der Waals surface area contributed by atoms with Crippen LogP contribution in [0.1, 0.15) is 54.9 Å². The zero-order valence-electron chi connectivity index (χ0n) is 16.5. The average Bonchev–Trinajstić information content (AvgIpc) is 3.16. The number of hydrogen-bond donors (Lipinski definition) is 0. The number of hydrogen-bond acceptors (Lipinski definition) is 0. The summed E-state index contributed by atoms with van der Waals surface area (Å²) < 4.78 is 0. The maximum atomic E-state index is 2.34. The van der Waals surface area contributed by atoms with Crippen molar-refractivity contribution >= 4 is 16.8 Å². The minimum absolute atomic E-state index is 0. The Balaban J connectivity index is 0.000000257. The molecular weight excluding hydrogens is 462 g/mol. The number of rotatable bonds is 3. The third kappa shape index (κ3) is 4.87. The second kappa shape index (κ2) is 11.4. The maximum Gasteiger partial charge on any atom is 4.00 e. The Morgan fingerprint density at radius 1 is 0.929 bits per heavy atom. The molecule has 0 bridgehead atoms. The van der Waals surface area contributed by atoms with Crippen LogP contribution in [0.5, 0.6) is 0 Å². The van der Waals surface area contributed by atoms with Crippen molar-refractivity contribution in [2.75, 3.05) is 0 Å². The minimum Gasteiger partial charge on any atom is -1.00 e. The van der Waals surface area contributed by atoms with E-state index in [4.69, 9.17) is 0 Å². The summed E-state index contributed by atoms with van der Waals surface area (Å²) in [6, 6.07) is 19.7. The molecule has 2 aliphatic rings. The van der Waals surface area contributed by atoms with Crippen LogP contribution in [0.3, 0.4) is 0 Å². The van der Waals surface area contributed by atoms with Gasteiger partial charge in [-0.2, -0.15) is 12.8 Å². The van der Waals surface area contributed by atoms with Crippen molar-refractivity contribution in [2.24, 2.45) is 0 Å². The smallest absolute Gasteiger partial charge is 1.00 e. The van der Waals surface area contributed by atoms with E-state index >= 15 is 0 Å². The average molecular weight is 489 g/mol. The second-order valence-corrected chi connectivity index (χ2v) is 7.07. The minimum atomic E-state index is 0. The number of aryl methyl sites for hydroxylation is 2. The molecule has 3 heteroatoms. The molecule has 0 heterocycles. The van der Waals surface area contributed by atoms with Gasteiger partial charge in [-0.15, -0.1) is 58.2 Å². The molecule has 0 radical (unpaired) electrons. The standard InChI is InChI=1S/C14H17.C11H9.2ClH.Zr/c1-3-11(4-2)14-10-9-12-7-5-6-8-13(12)14;1-2-4-10-8(3-1)7-9-5-6-11(9)10;;;/h5-10,14H,3-4H2,1-2H3;1-4,7H,5-6H2;2*1H;/q2*-1;;;+4/p-2. The number of fused-ring (bicyclic) bond motifs is 4. The SMILES string of the molecule is CC[C-](CC)C1C=Cc2ccccc21.[Cl-].[Cl-].[Zr+4].c1ccc2c3c([cH-]c2c1)CC3. The van der Waals surface area contributed by atoms with Crippen molar-refractivity contribution in [3.8, 4) is 0 Å². The van der Waals surface area contributed by atoms with E-state index < -0.39 is 0 Å². The molecule has 0 saturated heterocycles. The molecule has 0 spiro atoms. The van der Waals surface area contributed by atoms with Gasteiger partial charge in [0.25, 0.3) is 0 Å². The van der Waals surface area contributed by atoms with Gasteiger partial charge in [0.15, 0.2) is 0 Å². The number of allylic oxidation sites excluding steroid dienone is 1. The van der Waals surface area contributed by atoms with Gasteiger partial charge in [-0.25, -0.2) is 0 Å². The van der Waals surface area contributed by atoms with Crippen molar-refractivity contribution in [3.05, 3.63) is 88.8 Å². The third-order valence-corrected chi connectivity index (χ3v) is 5.79. The van der Waals surface area contributed by atoms with Crippen LogP contribution in [0.25, 0.3) is 16.8 Å². The van der Waals surface area contributed by atoms with Gasteiger partial charge < -0.3 is 30.7 Å². The molecule has 3 aromatic carbocycles. The fourth-order valence-electron chi connectivity index (χ4n) is 4.24. The van der Waals surface area contributed by atoms with Crippen molar-refractivity contribution in [1.29, 1.82) is 0 Å². The number of benzene rings is 2. The molecule has 1 unspecified atom stereocenters. The van der Waals surface area contributed by atoms with Gasteiger partial charge >= 0.3 is 26.2 Å². The molecule has 0 fully saturated rings. The molecule has 144 valence electrons. The van der Waals surface area contributed by atoms with E-state index in [2.05, 4.69) is 80.6 Å². The molecule has 0 nitrogen and oxygen atoms in total. The van der Waals surface area contributed by atoms with Crippen LogP contribution < -0.4 is 24.8 Å². The van der Waals surface area contributed by atoms with Crippen molar-refractivity contribution in [2.45, 2.75) is 45.4 Å². The van der Waals surface area contributed by atoms with Crippen molar-refractivity contribution in [3.63, 3.8) is 0 Å². The van der Waals surface area contributed by atoms with Crippen LogP contribution in [-0.4, -0.2) is 0 Å². The Kier molecular flexibility index (Phi) is 10.3. The third-order valence-electron chi connectivity index (χ3n) is 5.79. The first-order chi connectivity index (χ1) is 12.3. The predicted molar refractivity (Wildman–Crippen MR) is 109 cm³/mol. The molecule has 5 rings (SSSR count). The summed E-state index contributed by atoms with van der Waals surface area (Å²) >= 11 is 0. The van der Waals surface area contributed by atoms with Crippen LogP contribution in [-0.2, 0) is 39.0 Å².